The van der Waals surface area contributed by atoms with Crippen molar-refractivity contribution in [3.8, 4) is 0 Å². The predicted molar refractivity (Wildman–Crippen MR) is 56.2 cm³/mol. The molecule has 2 heteroatoms. The first-order valence-electron chi connectivity index (χ1n) is 4.88. The Balaban J connectivity index is 2.30. The van der Waals surface area contributed by atoms with Crippen molar-refractivity contribution in [2.24, 2.45) is 0 Å². The van der Waals surface area contributed by atoms with Gasteiger partial charge in [-0.1, -0.05) is 24.3 Å². The minimum Gasteiger partial charge on any atom is -0.391 e. The van der Waals surface area contributed by atoms with Gasteiger partial charge in [-0.25, -0.2) is 0 Å². The minimum atomic E-state index is 0.168. The summed E-state index contributed by atoms with van der Waals surface area (Å²) in [5.41, 5.74) is 2.87. The lowest BCUT2D eigenvalue weighted by Crippen LogP contribution is -2.07. The number of allylic oxidation sites excluding steroid dienone is 1. The molecule has 0 aromatic heterocycles. The standard InChI is InChI=1S/C12H13NO/c1-2-13-8-10-7-9-5-3-4-6-11(9)12(10)14/h3-6,8,13H,2,7H2,1H3/b10-8-. The van der Waals surface area contributed by atoms with E-state index in [0.29, 0.717) is 0 Å². The molecule has 0 spiro atoms. The van der Waals surface area contributed by atoms with E-state index < -0.39 is 0 Å². The predicted octanol–water partition coefficient (Wildman–Crippen LogP) is 1.92. The third-order valence-corrected chi connectivity index (χ3v) is 2.41. The molecule has 1 aliphatic rings. The van der Waals surface area contributed by atoms with E-state index in [1.54, 1.807) is 0 Å². The highest BCUT2D eigenvalue weighted by molar-refractivity contribution is 6.13. The largest absolute Gasteiger partial charge is 0.391 e. The van der Waals surface area contributed by atoms with Crippen LogP contribution in [-0.2, 0) is 6.42 Å². The second-order valence-electron chi connectivity index (χ2n) is 3.39. The number of benzene rings is 1. The van der Waals surface area contributed by atoms with Crippen LogP contribution in [0.4, 0.5) is 0 Å². The fourth-order valence-corrected chi connectivity index (χ4v) is 1.70. The van der Waals surface area contributed by atoms with Crippen LogP contribution in [0.3, 0.4) is 0 Å². The Bertz CT molecular complexity index is 393. The van der Waals surface area contributed by atoms with Crippen LogP contribution in [0, 0.1) is 0 Å². The zero-order valence-corrected chi connectivity index (χ0v) is 8.21. The molecule has 0 atom stereocenters. The van der Waals surface area contributed by atoms with Gasteiger partial charge in [-0.05, 0) is 12.5 Å². The molecule has 72 valence electrons. The van der Waals surface area contributed by atoms with Crippen molar-refractivity contribution < 1.29 is 4.79 Å². The average Bonchev–Trinajstić information content (AvgIpc) is 2.54. The number of fused-ring (bicyclic) bond motifs is 1. The monoisotopic (exact) mass is 187 g/mol. The lowest BCUT2D eigenvalue weighted by molar-refractivity contribution is 0.103. The van der Waals surface area contributed by atoms with Gasteiger partial charge in [0, 0.05) is 30.3 Å². The maximum atomic E-state index is 11.8. The smallest absolute Gasteiger partial charge is 0.191 e. The zero-order chi connectivity index (χ0) is 9.97. The Morgan fingerprint density at radius 1 is 1.43 bits per heavy atom. The zero-order valence-electron chi connectivity index (χ0n) is 8.21. The van der Waals surface area contributed by atoms with Gasteiger partial charge in [0.05, 0.1) is 0 Å². The molecule has 0 radical (unpaired) electrons. The molecule has 1 aliphatic carbocycles. The van der Waals surface area contributed by atoms with Crippen molar-refractivity contribution in [3.63, 3.8) is 0 Å². The maximum Gasteiger partial charge on any atom is 0.191 e. The van der Waals surface area contributed by atoms with Crippen molar-refractivity contribution in [2.75, 3.05) is 6.54 Å². The number of hydrogen-bond acceptors (Lipinski definition) is 2. The third kappa shape index (κ3) is 1.43. The van der Waals surface area contributed by atoms with E-state index in [1.165, 1.54) is 0 Å². The lowest BCUT2D eigenvalue weighted by atomic mass is 10.1. The topological polar surface area (TPSA) is 29.1 Å². The van der Waals surface area contributed by atoms with Crippen molar-refractivity contribution >= 4 is 5.78 Å². The van der Waals surface area contributed by atoms with Crippen LogP contribution < -0.4 is 5.32 Å². The SMILES string of the molecule is CCN/C=C1/Cc2ccccc2C1=O. The molecule has 0 bridgehead atoms. The van der Waals surface area contributed by atoms with Crippen LogP contribution in [0.5, 0.6) is 0 Å². The molecule has 0 aliphatic heterocycles. The molecular weight excluding hydrogens is 174 g/mol. The first kappa shape index (κ1) is 9.00. The van der Waals surface area contributed by atoms with Gasteiger partial charge in [0.2, 0.25) is 0 Å². The van der Waals surface area contributed by atoms with Crippen LogP contribution in [-0.4, -0.2) is 12.3 Å². The third-order valence-electron chi connectivity index (χ3n) is 2.41. The van der Waals surface area contributed by atoms with E-state index in [9.17, 15) is 4.79 Å². The summed E-state index contributed by atoms with van der Waals surface area (Å²) in [7, 11) is 0. The van der Waals surface area contributed by atoms with Crippen molar-refractivity contribution in [2.45, 2.75) is 13.3 Å². The number of Topliss-reactive ketones (excluding diaryl/α,β-unsaturated/α-hetero) is 1. The average molecular weight is 187 g/mol. The van der Waals surface area contributed by atoms with Crippen LogP contribution in [0.1, 0.15) is 22.8 Å². The number of carbonyl (C=O) groups is 1. The first-order valence-corrected chi connectivity index (χ1v) is 4.88. The van der Waals surface area contributed by atoms with Gasteiger partial charge in [-0.3, -0.25) is 4.79 Å². The Kier molecular flexibility index (Phi) is 2.35. The van der Waals surface area contributed by atoms with E-state index in [4.69, 9.17) is 0 Å². The minimum absolute atomic E-state index is 0.168. The fraction of sp³-hybridized carbons (Fsp3) is 0.250. The van der Waals surface area contributed by atoms with Crippen molar-refractivity contribution in [3.05, 3.63) is 47.2 Å². The van der Waals surface area contributed by atoms with E-state index in [-0.39, 0.29) is 5.78 Å². The second-order valence-corrected chi connectivity index (χ2v) is 3.39. The number of rotatable bonds is 2. The van der Waals surface area contributed by atoms with E-state index >= 15 is 0 Å². The van der Waals surface area contributed by atoms with Gasteiger partial charge >= 0.3 is 0 Å². The molecule has 0 amide bonds. The molecule has 14 heavy (non-hydrogen) atoms. The highest BCUT2D eigenvalue weighted by Crippen LogP contribution is 2.25. The Labute approximate surface area is 83.6 Å². The molecule has 1 aromatic carbocycles. The van der Waals surface area contributed by atoms with E-state index in [1.807, 2.05) is 37.4 Å². The van der Waals surface area contributed by atoms with Crippen LogP contribution in [0.2, 0.25) is 0 Å². The maximum absolute atomic E-state index is 11.8. The van der Waals surface area contributed by atoms with Crippen LogP contribution >= 0.6 is 0 Å². The van der Waals surface area contributed by atoms with Crippen molar-refractivity contribution in [1.82, 2.24) is 5.32 Å². The number of nitrogens with one attached hydrogen (secondary N) is 1. The van der Waals surface area contributed by atoms with E-state index in [0.717, 1.165) is 29.7 Å². The molecule has 0 unspecified atom stereocenters. The van der Waals surface area contributed by atoms with E-state index in [2.05, 4.69) is 5.32 Å². The number of carbonyl (C=O) groups excluding carboxylic acids is 1. The summed E-state index contributed by atoms with van der Waals surface area (Å²) in [6.07, 6.45) is 2.60. The Morgan fingerprint density at radius 3 is 2.93 bits per heavy atom. The summed E-state index contributed by atoms with van der Waals surface area (Å²) in [4.78, 5) is 11.8. The summed E-state index contributed by atoms with van der Waals surface area (Å²) >= 11 is 0. The lowest BCUT2D eigenvalue weighted by Gasteiger charge is -1.95. The highest BCUT2D eigenvalue weighted by atomic mass is 16.1. The van der Waals surface area contributed by atoms with Gasteiger partial charge in [-0.2, -0.15) is 0 Å². The summed E-state index contributed by atoms with van der Waals surface area (Å²) < 4.78 is 0. The molecule has 2 rings (SSSR count). The summed E-state index contributed by atoms with van der Waals surface area (Å²) in [5, 5.41) is 3.07. The summed E-state index contributed by atoms with van der Waals surface area (Å²) in [5.74, 6) is 0.168. The van der Waals surface area contributed by atoms with Gasteiger partial charge in [0.1, 0.15) is 0 Å². The van der Waals surface area contributed by atoms with Crippen LogP contribution in [0.15, 0.2) is 36.0 Å². The van der Waals surface area contributed by atoms with Gasteiger partial charge in [0.25, 0.3) is 0 Å². The molecule has 0 heterocycles. The summed E-state index contributed by atoms with van der Waals surface area (Å²) in [6.45, 7) is 2.87. The van der Waals surface area contributed by atoms with Crippen LogP contribution in [0.25, 0.3) is 0 Å². The first-order chi connectivity index (χ1) is 6.83. The van der Waals surface area contributed by atoms with Gasteiger partial charge in [-0.15, -0.1) is 0 Å². The molecule has 0 saturated heterocycles. The molecule has 1 aromatic rings. The molecule has 2 nitrogen and oxygen atoms in total. The van der Waals surface area contributed by atoms with Crippen molar-refractivity contribution in [1.29, 1.82) is 0 Å². The van der Waals surface area contributed by atoms with Gasteiger partial charge < -0.3 is 5.32 Å². The molecule has 0 fully saturated rings. The Hall–Kier alpha value is -1.57. The quantitative estimate of drug-likeness (QED) is 0.717. The summed E-state index contributed by atoms with van der Waals surface area (Å²) in [6, 6.07) is 7.79. The molecule has 0 saturated carbocycles. The number of hydrogen-bond donors (Lipinski definition) is 1. The second kappa shape index (κ2) is 3.66. The molecule has 1 N–H and O–H groups in total. The fourth-order valence-electron chi connectivity index (χ4n) is 1.70. The normalized spacial score (nSPS) is 17.2. The molecular formula is C12H13NO. The highest BCUT2D eigenvalue weighted by Gasteiger charge is 2.23. The Morgan fingerprint density at radius 2 is 2.21 bits per heavy atom. The number of ketones is 1. The van der Waals surface area contributed by atoms with Gasteiger partial charge in [0.15, 0.2) is 5.78 Å².